The normalized spacial score (nSPS) is 14.2. The number of hydrogen-bond acceptors (Lipinski definition) is 4. The first kappa shape index (κ1) is 21.6. The Morgan fingerprint density at radius 2 is 1.77 bits per heavy atom. The van der Waals surface area contributed by atoms with Crippen LogP contribution in [0, 0.1) is 0 Å². The van der Waals surface area contributed by atoms with Crippen LogP contribution in [0.25, 0.3) is 5.57 Å². The van der Waals surface area contributed by atoms with E-state index < -0.39 is 0 Å². The van der Waals surface area contributed by atoms with Crippen molar-refractivity contribution in [3.05, 3.63) is 59.7 Å². The SMILES string of the molecule is CCNC(=NCc1ccc(OC)c(OC)c1OC)N1CC=C(c2ccccc2)CC1. The lowest BCUT2D eigenvalue weighted by Crippen LogP contribution is -2.43. The smallest absolute Gasteiger partial charge is 0.203 e. The van der Waals surface area contributed by atoms with Crippen LogP contribution in [0.3, 0.4) is 0 Å². The molecule has 160 valence electrons. The molecule has 0 fully saturated rings. The molecule has 0 atom stereocenters. The number of rotatable bonds is 7. The van der Waals surface area contributed by atoms with Crippen molar-refractivity contribution in [3.8, 4) is 17.2 Å². The molecule has 3 rings (SSSR count). The molecular formula is C24H31N3O3. The molecule has 2 aromatic rings. The molecule has 2 aromatic carbocycles. The van der Waals surface area contributed by atoms with Gasteiger partial charge in [0.25, 0.3) is 0 Å². The zero-order valence-corrected chi connectivity index (χ0v) is 18.3. The molecule has 0 amide bonds. The van der Waals surface area contributed by atoms with Crippen LogP contribution < -0.4 is 19.5 Å². The summed E-state index contributed by atoms with van der Waals surface area (Å²) in [5.74, 6) is 2.79. The first-order valence-corrected chi connectivity index (χ1v) is 10.3. The van der Waals surface area contributed by atoms with Crippen molar-refractivity contribution in [2.45, 2.75) is 19.9 Å². The number of nitrogens with zero attached hydrogens (tertiary/aromatic N) is 2. The maximum Gasteiger partial charge on any atom is 0.203 e. The van der Waals surface area contributed by atoms with E-state index in [-0.39, 0.29) is 0 Å². The fourth-order valence-electron chi connectivity index (χ4n) is 3.65. The van der Waals surface area contributed by atoms with Gasteiger partial charge in [0, 0.05) is 25.2 Å². The number of guanidine groups is 1. The summed E-state index contributed by atoms with van der Waals surface area (Å²) < 4.78 is 16.5. The molecule has 6 heteroatoms. The standard InChI is InChI=1S/C24H31N3O3/c1-5-25-24(27-15-13-19(14-16-27)18-9-7-6-8-10-18)26-17-20-11-12-21(28-2)23(30-4)22(20)29-3/h6-13H,5,14-17H2,1-4H3,(H,25,26). The second-order valence-electron chi connectivity index (χ2n) is 6.96. The van der Waals surface area contributed by atoms with Gasteiger partial charge in [-0.2, -0.15) is 0 Å². The first-order chi connectivity index (χ1) is 14.7. The summed E-state index contributed by atoms with van der Waals surface area (Å²) in [6.07, 6.45) is 3.29. The summed E-state index contributed by atoms with van der Waals surface area (Å²) in [6, 6.07) is 14.4. The predicted molar refractivity (Wildman–Crippen MR) is 122 cm³/mol. The molecule has 0 saturated heterocycles. The largest absolute Gasteiger partial charge is 0.493 e. The third kappa shape index (κ3) is 4.87. The van der Waals surface area contributed by atoms with Crippen molar-refractivity contribution in [1.82, 2.24) is 10.2 Å². The number of aliphatic imine (C=N–C) groups is 1. The molecule has 1 aliphatic rings. The van der Waals surface area contributed by atoms with Gasteiger partial charge in [-0.15, -0.1) is 0 Å². The highest BCUT2D eigenvalue weighted by Crippen LogP contribution is 2.40. The highest BCUT2D eigenvalue weighted by atomic mass is 16.5. The third-order valence-electron chi connectivity index (χ3n) is 5.17. The van der Waals surface area contributed by atoms with Gasteiger partial charge in [-0.25, -0.2) is 4.99 Å². The van der Waals surface area contributed by atoms with Crippen molar-refractivity contribution in [2.75, 3.05) is 41.0 Å². The topological polar surface area (TPSA) is 55.3 Å². The van der Waals surface area contributed by atoms with Crippen LogP contribution in [-0.2, 0) is 6.54 Å². The molecule has 0 aliphatic carbocycles. The van der Waals surface area contributed by atoms with Crippen molar-refractivity contribution in [1.29, 1.82) is 0 Å². The van der Waals surface area contributed by atoms with Crippen LogP contribution in [0.1, 0.15) is 24.5 Å². The van der Waals surface area contributed by atoms with Gasteiger partial charge in [0.2, 0.25) is 5.75 Å². The fourth-order valence-corrected chi connectivity index (χ4v) is 3.65. The number of hydrogen-bond donors (Lipinski definition) is 1. The van der Waals surface area contributed by atoms with Crippen LogP contribution >= 0.6 is 0 Å². The second-order valence-corrected chi connectivity index (χ2v) is 6.96. The Kier molecular flexibility index (Phi) is 7.60. The Morgan fingerprint density at radius 3 is 2.37 bits per heavy atom. The Hall–Kier alpha value is -3.15. The summed E-state index contributed by atoms with van der Waals surface area (Å²) >= 11 is 0. The van der Waals surface area contributed by atoms with Crippen LogP contribution in [0.5, 0.6) is 17.2 Å². The van der Waals surface area contributed by atoms with Crippen molar-refractivity contribution in [2.24, 2.45) is 4.99 Å². The van der Waals surface area contributed by atoms with E-state index in [1.807, 2.05) is 12.1 Å². The quantitative estimate of drug-likeness (QED) is 0.554. The fraction of sp³-hybridized carbons (Fsp3) is 0.375. The first-order valence-electron chi connectivity index (χ1n) is 10.3. The maximum absolute atomic E-state index is 5.59. The van der Waals surface area contributed by atoms with Gasteiger partial charge >= 0.3 is 0 Å². The van der Waals surface area contributed by atoms with E-state index >= 15 is 0 Å². The van der Waals surface area contributed by atoms with Gasteiger partial charge in [-0.1, -0.05) is 36.4 Å². The average Bonchev–Trinajstić information content (AvgIpc) is 2.81. The minimum absolute atomic E-state index is 0.484. The molecule has 0 radical (unpaired) electrons. The summed E-state index contributed by atoms with van der Waals surface area (Å²) in [6.45, 7) is 5.14. The molecule has 0 aromatic heterocycles. The van der Waals surface area contributed by atoms with Crippen LogP contribution in [0.15, 0.2) is 53.5 Å². The van der Waals surface area contributed by atoms with Crippen LogP contribution in [0.4, 0.5) is 0 Å². The Bertz CT molecular complexity index is 894. The Morgan fingerprint density at radius 1 is 1.00 bits per heavy atom. The van der Waals surface area contributed by atoms with Crippen molar-refractivity contribution in [3.63, 3.8) is 0 Å². The lowest BCUT2D eigenvalue weighted by molar-refractivity contribution is 0.322. The number of benzene rings is 2. The zero-order valence-electron chi connectivity index (χ0n) is 18.3. The van der Waals surface area contributed by atoms with E-state index in [9.17, 15) is 0 Å². The minimum Gasteiger partial charge on any atom is -0.493 e. The zero-order chi connectivity index (χ0) is 21.3. The molecule has 0 unspecified atom stereocenters. The summed E-state index contributed by atoms with van der Waals surface area (Å²) in [5, 5.41) is 3.42. The summed E-state index contributed by atoms with van der Waals surface area (Å²) in [7, 11) is 4.87. The summed E-state index contributed by atoms with van der Waals surface area (Å²) in [5.41, 5.74) is 3.64. The monoisotopic (exact) mass is 409 g/mol. The lowest BCUT2D eigenvalue weighted by atomic mass is 10.00. The maximum atomic E-state index is 5.59. The lowest BCUT2D eigenvalue weighted by Gasteiger charge is -2.30. The Balaban J connectivity index is 1.78. The molecule has 1 heterocycles. The van der Waals surface area contributed by atoms with E-state index in [1.165, 1.54) is 11.1 Å². The number of nitrogens with one attached hydrogen (secondary N) is 1. The predicted octanol–water partition coefficient (Wildman–Crippen LogP) is 3.97. The van der Waals surface area contributed by atoms with E-state index in [1.54, 1.807) is 21.3 Å². The van der Waals surface area contributed by atoms with Crippen LogP contribution in [-0.4, -0.2) is 51.8 Å². The van der Waals surface area contributed by atoms with Crippen molar-refractivity contribution < 1.29 is 14.2 Å². The molecule has 0 saturated carbocycles. The van der Waals surface area contributed by atoms with E-state index in [2.05, 4.69) is 53.5 Å². The van der Waals surface area contributed by atoms with Gasteiger partial charge in [-0.3, -0.25) is 0 Å². The highest BCUT2D eigenvalue weighted by molar-refractivity contribution is 5.81. The molecule has 6 nitrogen and oxygen atoms in total. The van der Waals surface area contributed by atoms with E-state index in [0.29, 0.717) is 23.8 Å². The number of methoxy groups -OCH3 is 3. The number of ether oxygens (including phenoxy) is 3. The molecule has 0 bridgehead atoms. The molecular weight excluding hydrogens is 378 g/mol. The van der Waals surface area contributed by atoms with Gasteiger partial charge < -0.3 is 24.4 Å². The Labute approximate surface area is 179 Å². The van der Waals surface area contributed by atoms with Gasteiger partial charge in [-0.05, 0) is 36.6 Å². The molecule has 30 heavy (non-hydrogen) atoms. The van der Waals surface area contributed by atoms with E-state index in [0.717, 1.165) is 37.6 Å². The third-order valence-corrected chi connectivity index (χ3v) is 5.17. The average molecular weight is 410 g/mol. The molecule has 1 N–H and O–H groups in total. The highest BCUT2D eigenvalue weighted by Gasteiger charge is 2.18. The second kappa shape index (κ2) is 10.6. The van der Waals surface area contributed by atoms with Gasteiger partial charge in [0.1, 0.15) is 0 Å². The molecule has 1 aliphatic heterocycles. The van der Waals surface area contributed by atoms with Crippen LogP contribution in [0.2, 0.25) is 0 Å². The molecule has 0 spiro atoms. The van der Waals surface area contributed by atoms with Crippen molar-refractivity contribution >= 4 is 11.5 Å². The van der Waals surface area contributed by atoms with Gasteiger partial charge in [0.15, 0.2) is 17.5 Å². The van der Waals surface area contributed by atoms with E-state index in [4.69, 9.17) is 19.2 Å². The minimum atomic E-state index is 0.484. The summed E-state index contributed by atoms with van der Waals surface area (Å²) in [4.78, 5) is 7.15. The van der Waals surface area contributed by atoms with Gasteiger partial charge in [0.05, 0.1) is 27.9 Å².